The van der Waals surface area contributed by atoms with Gasteiger partial charge in [-0.05, 0) is 17.7 Å². The summed E-state index contributed by atoms with van der Waals surface area (Å²) in [6, 6.07) is 7.75. The third-order valence-electron chi connectivity index (χ3n) is 2.80. The zero-order chi connectivity index (χ0) is 12.4. The van der Waals surface area contributed by atoms with Crippen LogP contribution in [0.3, 0.4) is 0 Å². The Morgan fingerprint density at radius 1 is 1.17 bits per heavy atom. The number of aromatic nitrogens is 2. The van der Waals surface area contributed by atoms with Crippen molar-refractivity contribution < 1.29 is 0 Å². The molecule has 0 fully saturated rings. The van der Waals surface area contributed by atoms with Crippen molar-refractivity contribution in [1.82, 2.24) is 9.97 Å². The molecule has 0 bridgehead atoms. The number of hydrogen-bond acceptors (Lipinski definition) is 4. The molecule has 1 aromatic heterocycles. The summed E-state index contributed by atoms with van der Waals surface area (Å²) in [6.07, 6.45) is 4.18. The van der Waals surface area contributed by atoms with Crippen LogP contribution in [0.1, 0.15) is 11.1 Å². The van der Waals surface area contributed by atoms with Crippen LogP contribution in [0.25, 0.3) is 0 Å². The second kappa shape index (κ2) is 4.74. The molecule has 1 aromatic carbocycles. The lowest BCUT2D eigenvalue weighted by Gasteiger charge is -2.08. The van der Waals surface area contributed by atoms with E-state index < -0.39 is 0 Å². The second-order valence-electron chi connectivity index (χ2n) is 4.02. The first-order valence-electron chi connectivity index (χ1n) is 5.67. The zero-order valence-corrected chi connectivity index (χ0v) is 10.4. The highest BCUT2D eigenvalue weighted by atomic mass is 35.5. The molecule has 3 rings (SSSR count). The van der Waals surface area contributed by atoms with Gasteiger partial charge in [0.15, 0.2) is 5.82 Å². The lowest BCUT2D eigenvalue weighted by molar-refractivity contribution is 1.06. The number of anilines is 1. The number of rotatable bonds is 3. The smallest absolute Gasteiger partial charge is 0.160 e. The summed E-state index contributed by atoms with van der Waals surface area (Å²) in [6.45, 7) is 0.709. The van der Waals surface area contributed by atoms with Crippen molar-refractivity contribution in [3.05, 3.63) is 46.7 Å². The average Bonchev–Trinajstić information content (AvgIpc) is 2.87. The van der Waals surface area contributed by atoms with Crippen LogP contribution in [-0.2, 0) is 13.0 Å². The number of nitrogens with zero attached hydrogens (tertiary/aromatic N) is 3. The van der Waals surface area contributed by atoms with Crippen molar-refractivity contribution in [2.24, 2.45) is 4.99 Å². The van der Waals surface area contributed by atoms with Crippen LogP contribution < -0.4 is 5.32 Å². The van der Waals surface area contributed by atoms with Gasteiger partial charge in [0.25, 0.3) is 0 Å². The molecule has 2 aromatic rings. The van der Waals surface area contributed by atoms with Gasteiger partial charge in [-0.1, -0.05) is 23.7 Å². The number of nitrogens with one attached hydrogen (secondary N) is 1. The van der Waals surface area contributed by atoms with E-state index in [9.17, 15) is 0 Å². The summed E-state index contributed by atoms with van der Waals surface area (Å²) in [5.74, 6) is 1.62. The van der Waals surface area contributed by atoms with E-state index in [1.54, 1.807) is 0 Å². The van der Waals surface area contributed by atoms with Crippen molar-refractivity contribution >= 4 is 29.5 Å². The lowest BCUT2D eigenvalue weighted by atomic mass is 10.2. The van der Waals surface area contributed by atoms with Gasteiger partial charge < -0.3 is 5.32 Å². The minimum absolute atomic E-state index is 0.709. The molecule has 0 atom stereocenters. The molecule has 1 aliphatic heterocycles. The van der Waals surface area contributed by atoms with Crippen LogP contribution in [-0.4, -0.2) is 16.2 Å². The molecule has 1 aliphatic rings. The maximum absolute atomic E-state index is 5.85. The normalized spacial score (nSPS) is 12.5. The maximum atomic E-state index is 5.85. The van der Waals surface area contributed by atoms with Gasteiger partial charge in [0.05, 0.1) is 0 Å². The summed E-state index contributed by atoms with van der Waals surface area (Å²) in [5.41, 5.74) is 2.22. The quantitative estimate of drug-likeness (QED) is 0.921. The minimum Gasteiger partial charge on any atom is -0.366 e. The van der Waals surface area contributed by atoms with Crippen molar-refractivity contribution in [2.45, 2.75) is 13.0 Å². The minimum atomic E-state index is 0.709. The van der Waals surface area contributed by atoms with Crippen LogP contribution >= 0.6 is 11.6 Å². The number of benzene rings is 1. The van der Waals surface area contributed by atoms with Gasteiger partial charge >= 0.3 is 0 Å². The standard InChI is InChI=1S/C13H11ClN4/c14-10-3-1-9(2-4-10)7-16-13-11-5-6-15-12(11)17-8-18-13/h1-4,6,8H,5,7H2,(H,16,17,18). The molecular formula is C13H11ClN4. The molecule has 0 spiro atoms. The summed E-state index contributed by atoms with van der Waals surface area (Å²) in [5, 5.41) is 4.05. The van der Waals surface area contributed by atoms with E-state index in [1.807, 2.05) is 30.5 Å². The molecule has 90 valence electrons. The topological polar surface area (TPSA) is 50.2 Å². The van der Waals surface area contributed by atoms with Crippen LogP contribution in [0.4, 0.5) is 11.6 Å². The second-order valence-corrected chi connectivity index (χ2v) is 4.46. The van der Waals surface area contributed by atoms with Gasteiger partial charge in [-0.25, -0.2) is 15.0 Å². The number of hydrogen-bond donors (Lipinski definition) is 1. The Hall–Kier alpha value is -1.94. The third kappa shape index (κ3) is 2.19. The van der Waals surface area contributed by atoms with E-state index in [1.165, 1.54) is 6.33 Å². The van der Waals surface area contributed by atoms with Crippen LogP contribution in [0.15, 0.2) is 35.6 Å². The SMILES string of the molecule is Clc1ccc(CNc2ncnc3c2CC=N3)cc1. The summed E-state index contributed by atoms with van der Waals surface area (Å²) in [7, 11) is 0. The van der Waals surface area contributed by atoms with E-state index in [2.05, 4.69) is 20.3 Å². The molecular weight excluding hydrogens is 248 g/mol. The van der Waals surface area contributed by atoms with Crippen molar-refractivity contribution in [2.75, 3.05) is 5.32 Å². The average molecular weight is 259 g/mol. The number of fused-ring (bicyclic) bond motifs is 1. The van der Waals surface area contributed by atoms with Crippen LogP contribution in [0.2, 0.25) is 5.02 Å². The third-order valence-corrected chi connectivity index (χ3v) is 3.06. The van der Waals surface area contributed by atoms with Gasteiger partial charge in [0.2, 0.25) is 0 Å². The van der Waals surface area contributed by atoms with E-state index in [-0.39, 0.29) is 0 Å². The Kier molecular flexibility index (Phi) is 2.94. The van der Waals surface area contributed by atoms with E-state index in [0.29, 0.717) is 6.54 Å². The molecule has 5 heteroatoms. The Morgan fingerprint density at radius 2 is 2.00 bits per heavy atom. The Balaban J connectivity index is 1.74. The first-order chi connectivity index (χ1) is 8.83. The molecule has 0 amide bonds. The first kappa shape index (κ1) is 11.2. The monoisotopic (exact) mass is 258 g/mol. The maximum Gasteiger partial charge on any atom is 0.160 e. The predicted octanol–water partition coefficient (Wildman–Crippen LogP) is 3.00. The fourth-order valence-electron chi connectivity index (χ4n) is 1.87. The van der Waals surface area contributed by atoms with Crippen molar-refractivity contribution in [3.63, 3.8) is 0 Å². The van der Waals surface area contributed by atoms with Gasteiger partial charge in [0.1, 0.15) is 12.1 Å². The van der Waals surface area contributed by atoms with Crippen molar-refractivity contribution in [1.29, 1.82) is 0 Å². The number of halogens is 1. The zero-order valence-electron chi connectivity index (χ0n) is 9.60. The number of aliphatic imine (C=N–C) groups is 1. The predicted molar refractivity (Wildman–Crippen MR) is 72.7 cm³/mol. The molecule has 4 nitrogen and oxygen atoms in total. The van der Waals surface area contributed by atoms with E-state index in [0.717, 1.165) is 34.2 Å². The Labute approximate surface area is 110 Å². The molecule has 2 heterocycles. The molecule has 18 heavy (non-hydrogen) atoms. The highest BCUT2D eigenvalue weighted by Gasteiger charge is 2.13. The Morgan fingerprint density at radius 3 is 2.83 bits per heavy atom. The molecule has 0 unspecified atom stereocenters. The fraction of sp³-hybridized carbons (Fsp3) is 0.154. The molecule has 0 saturated heterocycles. The lowest BCUT2D eigenvalue weighted by Crippen LogP contribution is -2.04. The van der Waals surface area contributed by atoms with Gasteiger partial charge in [-0.15, -0.1) is 0 Å². The highest BCUT2D eigenvalue weighted by Crippen LogP contribution is 2.26. The van der Waals surface area contributed by atoms with Crippen molar-refractivity contribution in [3.8, 4) is 0 Å². The first-order valence-corrected chi connectivity index (χ1v) is 6.05. The summed E-state index contributed by atoms with van der Waals surface area (Å²) >= 11 is 5.85. The molecule has 0 aliphatic carbocycles. The largest absolute Gasteiger partial charge is 0.366 e. The van der Waals surface area contributed by atoms with Gasteiger partial charge in [-0.2, -0.15) is 0 Å². The molecule has 0 saturated carbocycles. The van der Waals surface area contributed by atoms with Gasteiger partial charge in [-0.3, -0.25) is 0 Å². The summed E-state index contributed by atoms with van der Waals surface area (Å²) < 4.78 is 0. The summed E-state index contributed by atoms with van der Waals surface area (Å²) in [4.78, 5) is 12.6. The van der Waals surface area contributed by atoms with Crippen LogP contribution in [0, 0.1) is 0 Å². The molecule has 0 radical (unpaired) electrons. The van der Waals surface area contributed by atoms with E-state index >= 15 is 0 Å². The highest BCUT2D eigenvalue weighted by molar-refractivity contribution is 6.30. The fourth-order valence-corrected chi connectivity index (χ4v) is 1.99. The van der Waals surface area contributed by atoms with E-state index in [4.69, 9.17) is 11.6 Å². The Bertz CT molecular complexity index is 592. The van der Waals surface area contributed by atoms with Gasteiger partial charge in [0, 0.05) is 29.8 Å². The van der Waals surface area contributed by atoms with Crippen LogP contribution in [0.5, 0.6) is 0 Å². The molecule has 1 N–H and O–H groups in total.